The molecule has 3 aliphatic heterocycles. The summed E-state index contributed by atoms with van der Waals surface area (Å²) in [7, 11) is -7.58. The van der Waals surface area contributed by atoms with E-state index in [9.17, 15) is 26.4 Å². The van der Waals surface area contributed by atoms with Crippen LogP contribution >= 0.6 is 0 Å². The van der Waals surface area contributed by atoms with Gasteiger partial charge in [0.2, 0.25) is 26.0 Å². The smallest absolute Gasteiger partial charge is 0.407 e. The molecule has 13 heteroatoms. The molecule has 3 heterocycles. The van der Waals surface area contributed by atoms with E-state index in [-0.39, 0.29) is 27.7 Å². The molecule has 3 saturated heterocycles. The van der Waals surface area contributed by atoms with E-state index in [0.29, 0.717) is 58.7 Å². The van der Waals surface area contributed by atoms with Crippen molar-refractivity contribution in [1.29, 1.82) is 0 Å². The number of hydrogen-bond acceptors (Lipinski definition) is 6. The van der Waals surface area contributed by atoms with Gasteiger partial charge in [0.25, 0.3) is 0 Å². The Morgan fingerprint density at radius 2 is 1.51 bits per heavy atom. The topological polar surface area (TPSA) is 136 Å². The van der Waals surface area contributed by atoms with Crippen molar-refractivity contribution in [2.75, 3.05) is 52.4 Å². The van der Waals surface area contributed by atoms with Crippen LogP contribution in [0.4, 0.5) is 4.79 Å². The van der Waals surface area contributed by atoms with Crippen molar-refractivity contribution >= 4 is 32.0 Å². The van der Waals surface area contributed by atoms with Crippen molar-refractivity contribution < 1.29 is 31.5 Å². The first-order valence-electron chi connectivity index (χ1n) is 11.8. The van der Waals surface area contributed by atoms with Crippen LogP contribution in [0.1, 0.15) is 26.7 Å². The van der Waals surface area contributed by atoms with E-state index in [4.69, 9.17) is 5.11 Å². The molecule has 194 valence electrons. The Morgan fingerprint density at radius 3 is 2.06 bits per heavy atom. The van der Waals surface area contributed by atoms with Gasteiger partial charge in [-0.05, 0) is 37.1 Å². The van der Waals surface area contributed by atoms with Crippen LogP contribution in [-0.2, 0) is 24.8 Å². The van der Waals surface area contributed by atoms with Crippen LogP contribution in [0.15, 0.2) is 34.1 Å². The lowest BCUT2D eigenvalue weighted by Gasteiger charge is -2.59. The Morgan fingerprint density at radius 1 is 0.971 bits per heavy atom. The summed E-state index contributed by atoms with van der Waals surface area (Å²) in [6, 6.07) is 5.24. The van der Waals surface area contributed by atoms with Crippen LogP contribution in [0.2, 0.25) is 0 Å². The van der Waals surface area contributed by atoms with Crippen molar-refractivity contribution in [1.82, 2.24) is 18.4 Å². The normalized spacial score (nSPS) is 22.7. The van der Waals surface area contributed by atoms with Gasteiger partial charge in [-0.1, -0.05) is 13.8 Å². The molecule has 1 atom stereocenters. The maximum absolute atomic E-state index is 13.3. The van der Waals surface area contributed by atoms with Crippen LogP contribution in [0.25, 0.3) is 0 Å². The SMILES string of the molecule is CCN(CC)S(=O)(=O)c1ccc(S(=O)(=O)N2CCCC(C(=O)N3CC4(CN(C(=O)O)C4)C3)C2)cc1. The lowest BCUT2D eigenvalue weighted by atomic mass is 9.72. The second-order valence-electron chi connectivity index (χ2n) is 9.60. The fraction of sp³-hybridized carbons (Fsp3) is 0.636. The summed E-state index contributed by atoms with van der Waals surface area (Å²) in [6.07, 6.45) is 0.194. The average molecular weight is 529 g/mol. The number of sulfonamides is 2. The maximum Gasteiger partial charge on any atom is 0.407 e. The number of amides is 2. The molecule has 4 rings (SSSR count). The van der Waals surface area contributed by atoms with Crippen LogP contribution in [-0.4, -0.2) is 105 Å². The van der Waals surface area contributed by atoms with Gasteiger partial charge in [-0.2, -0.15) is 8.61 Å². The standard InChI is InChI=1S/C22H32N4O7S2/c1-3-25(4-2)34(30,31)18-7-9-19(10-8-18)35(32,33)26-11-5-6-17(12-26)20(27)23-13-22(14-23)15-24(16-22)21(28)29/h7-10,17H,3-6,11-16H2,1-2H3,(H,28,29). The quantitative estimate of drug-likeness (QED) is 0.556. The zero-order chi connectivity index (χ0) is 25.6. The molecule has 2 amide bonds. The molecule has 0 saturated carbocycles. The molecule has 11 nitrogen and oxygen atoms in total. The summed E-state index contributed by atoms with van der Waals surface area (Å²) < 4.78 is 54.5. The molecular formula is C22H32N4O7S2. The molecule has 1 aromatic carbocycles. The zero-order valence-corrected chi connectivity index (χ0v) is 21.6. The molecular weight excluding hydrogens is 496 g/mol. The number of likely N-dealkylation sites (tertiary alicyclic amines) is 2. The van der Waals surface area contributed by atoms with E-state index in [2.05, 4.69) is 0 Å². The van der Waals surface area contributed by atoms with E-state index in [1.807, 2.05) is 0 Å². The predicted molar refractivity (Wildman–Crippen MR) is 127 cm³/mol. The van der Waals surface area contributed by atoms with Gasteiger partial charge in [-0.15, -0.1) is 0 Å². The van der Waals surface area contributed by atoms with Gasteiger partial charge in [-0.3, -0.25) is 4.79 Å². The molecule has 0 aromatic heterocycles. The summed E-state index contributed by atoms with van der Waals surface area (Å²) in [5.74, 6) is -0.543. The lowest BCUT2D eigenvalue weighted by molar-refractivity contribution is -0.160. The third-order valence-electron chi connectivity index (χ3n) is 7.23. The monoisotopic (exact) mass is 528 g/mol. The van der Waals surface area contributed by atoms with Gasteiger partial charge >= 0.3 is 6.09 Å². The first-order valence-corrected chi connectivity index (χ1v) is 14.7. The van der Waals surface area contributed by atoms with Gasteiger partial charge in [0.05, 0.1) is 15.7 Å². The minimum absolute atomic E-state index is 0.00442. The van der Waals surface area contributed by atoms with Gasteiger partial charge < -0.3 is 14.9 Å². The molecule has 0 bridgehead atoms. The van der Waals surface area contributed by atoms with Gasteiger partial charge in [0.15, 0.2) is 0 Å². The van der Waals surface area contributed by atoms with E-state index < -0.39 is 32.1 Å². The molecule has 1 spiro atoms. The van der Waals surface area contributed by atoms with E-state index in [1.54, 1.807) is 18.7 Å². The minimum atomic E-state index is -3.89. The molecule has 35 heavy (non-hydrogen) atoms. The maximum atomic E-state index is 13.3. The largest absolute Gasteiger partial charge is 0.465 e. The number of carboxylic acid groups (broad SMARTS) is 1. The number of piperidine rings is 1. The van der Waals surface area contributed by atoms with Gasteiger partial charge in [0.1, 0.15) is 0 Å². The van der Waals surface area contributed by atoms with Crippen LogP contribution in [0, 0.1) is 11.3 Å². The van der Waals surface area contributed by atoms with Crippen LogP contribution in [0.5, 0.6) is 0 Å². The number of benzene rings is 1. The highest BCUT2D eigenvalue weighted by Gasteiger charge is 2.55. The Labute approximate surface area is 206 Å². The Hall–Kier alpha value is -2.22. The number of rotatable bonds is 7. The van der Waals surface area contributed by atoms with Crippen molar-refractivity contribution in [3.05, 3.63) is 24.3 Å². The molecule has 0 radical (unpaired) electrons. The first kappa shape index (κ1) is 25.9. The Balaban J connectivity index is 1.40. The predicted octanol–water partition coefficient (Wildman–Crippen LogP) is 0.940. The summed E-state index contributed by atoms with van der Waals surface area (Å²) >= 11 is 0. The molecule has 1 unspecified atom stereocenters. The Bertz CT molecular complexity index is 1180. The highest BCUT2D eigenvalue weighted by atomic mass is 32.2. The van der Waals surface area contributed by atoms with E-state index in [1.165, 1.54) is 37.8 Å². The highest BCUT2D eigenvalue weighted by molar-refractivity contribution is 7.89. The van der Waals surface area contributed by atoms with Crippen molar-refractivity contribution in [3.63, 3.8) is 0 Å². The third kappa shape index (κ3) is 4.66. The number of carbonyl (C=O) groups is 2. The molecule has 1 N–H and O–H groups in total. The lowest BCUT2D eigenvalue weighted by Crippen LogP contribution is -2.74. The first-order chi connectivity index (χ1) is 16.4. The van der Waals surface area contributed by atoms with Crippen LogP contribution < -0.4 is 0 Å². The van der Waals surface area contributed by atoms with Crippen LogP contribution in [0.3, 0.4) is 0 Å². The second kappa shape index (κ2) is 9.34. The molecule has 0 aliphatic carbocycles. The second-order valence-corrected chi connectivity index (χ2v) is 13.5. The fourth-order valence-corrected chi connectivity index (χ4v) is 8.27. The molecule has 3 aliphatic rings. The molecule has 1 aromatic rings. The average Bonchev–Trinajstić information content (AvgIpc) is 2.77. The van der Waals surface area contributed by atoms with Crippen molar-refractivity contribution in [2.45, 2.75) is 36.5 Å². The van der Waals surface area contributed by atoms with Crippen molar-refractivity contribution in [2.24, 2.45) is 11.3 Å². The van der Waals surface area contributed by atoms with Gasteiger partial charge in [0, 0.05) is 57.8 Å². The minimum Gasteiger partial charge on any atom is -0.465 e. The number of hydrogen-bond donors (Lipinski definition) is 1. The summed E-state index contributed by atoms with van der Waals surface area (Å²) in [6.45, 7) is 6.34. The third-order valence-corrected chi connectivity index (χ3v) is 11.2. The van der Waals surface area contributed by atoms with E-state index >= 15 is 0 Å². The van der Waals surface area contributed by atoms with Crippen molar-refractivity contribution in [3.8, 4) is 0 Å². The highest BCUT2D eigenvalue weighted by Crippen LogP contribution is 2.40. The summed E-state index contributed by atoms with van der Waals surface area (Å²) in [4.78, 5) is 27.1. The fourth-order valence-electron chi connectivity index (χ4n) is 5.28. The summed E-state index contributed by atoms with van der Waals surface area (Å²) in [5, 5.41) is 9.02. The van der Waals surface area contributed by atoms with E-state index in [0.717, 1.165) is 0 Å². The zero-order valence-electron chi connectivity index (χ0n) is 20.0. The Kier molecular flexibility index (Phi) is 6.90. The van der Waals surface area contributed by atoms with Gasteiger partial charge in [-0.25, -0.2) is 21.6 Å². The summed E-state index contributed by atoms with van der Waals surface area (Å²) in [5.41, 5.74) is -0.151. The number of nitrogens with zero attached hydrogens (tertiary/aromatic N) is 4. The molecule has 3 fully saturated rings. The number of carbonyl (C=O) groups excluding carboxylic acids is 1.